The quantitative estimate of drug-likeness (QED) is 0.888. The second kappa shape index (κ2) is 6.21. The molecule has 1 saturated heterocycles. The summed E-state index contributed by atoms with van der Waals surface area (Å²) < 4.78 is 5.25. The van der Waals surface area contributed by atoms with Crippen molar-refractivity contribution in [3.8, 4) is 5.75 Å². The molecule has 0 unspecified atom stereocenters. The number of rotatable bonds is 4. The number of piperidine rings is 1. The van der Waals surface area contributed by atoms with Gasteiger partial charge in [0, 0.05) is 19.1 Å². The maximum atomic E-state index is 5.87. The van der Waals surface area contributed by atoms with Gasteiger partial charge in [0.05, 0.1) is 7.11 Å². The van der Waals surface area contributed by atoms with Crippen LogP contribution < -0.4 is 10.5 Å². The van der Waals surface area contributed by atoms with Crippen LogP contribution in [0.2, 0.25) is 0 Å². The first-order valence-electron chi connectivity index (χ1n) is 6.82. The van der Waals surface area contributed by atoms with Crippen molar-refractivity contribution < 1.29 is 4.74 Å². The standard InChI is InChI=1S/C15H24N2O/c1-12-9-15(18-2)7-6-13(12)11-17-8-4-3-5-14(17)10-16/h6-7,9,14H,3-5,8,10-11,16H2,1-2H3/t14-/m1/s1. The molecule has 1 aliphatic rings. The van der Waals surface area contributed by atoms with E-state index in [2.05, 4.69) is 24.0 Å². The summed E-state index contributed by atoms with van der Waals surface area (Å²) in [6.07, 6.45) is 3.86. The lowest BCUT2D eigenvalue weighted by Gasteiger charge is -2.35. The molecule has 1 aromatic carbocycles. The summed E-state index contributed by atoms with van der Waals surface area (Å²) in [6, 6.07) is 6.89. The van der Waals surface area contributed by atoms with Gasteiger partial charge in [-0.1, -0.05) is 12.5 Å². The average Bonchev–Trinajstić information content (AvgIpc) is 2.41. The topological polar surface area (TPSA) is 38.5 Å². The van der Waals surface area contributed by atoms with Crippen LogP contribution >= 0.6 is 0 Å². The number of nitrogens with two attached hydrogens (primary N) is 1. The smallest absolute Gasteiger partial charge is 0.119 e. The monoisotopic (exact) mass is 248 g/mol. The van der Waals surface area contributed by atoms with Crippen molar-refractivity contribution in [3.05, 3.63) is 29.3 Å². The van der Waals surface area contributed by atoms with E-state index in [1.165, 1.54) is 36.9 Å². The van der Waals surface area contributed by atoms with Crippen LogP contribution in [0, 0.1) is 6.92 Å². The van der Waals surface area contributed by atoms with Gasteiger partial charge < -0.3 is 10.5 Å². The number of ether oxygens (including phenoxy) is 1. The third-order valence-corrected chi connectivity index (χ3v) is 3.94. The molecular weight excluding hydrogens is 224 g/mol. The Morgan fingerprint density at radius 1 is 1.39 bits per heavy atom. The predicted molar refractivity (Wildman–Crippen MR) is 74.8 cm³/mol. The highest BCUT2D eigenvalue weighted by Gasteiger charge is 2.21. The van der Waals surface area contributed by atoms with Crippen LogP contribution in [0.25, 0.3) is 0 Å². The van der Waals surface area contributed by atoms with Crippen LogP contribution in [0.3, 0.4) is 0 Å². The van der Waals surface area contributed by atoms with Gasteiger partial charge in [-0.15, -0.1) is 0 Å². The lowest BCUT2D eigenvalue weighted by Crippen LogP contribution is -2.43. The van der Waals surface area contributed by atoms with Gasteiger partial charge >= 0.3 is 0 Å². The highest BCUT2D eigenvalue weighted by molar-refractivity contribution is 5.34. The van der Waals surface area contributed by atoms with Gasteiger partial charge in [-0.05, 0) is 49.6 Å². The fourth-order valence-electron chi connectivity index (χ4n) is 2.73. The van der Waals surface area contributed by atoms with Crippen molar-refractivity contribution in [1.29, 1.82) is 0 Å². The minimum absolute atomic E-state index is 0.556. The molecule has 1 aliphatic heterocycles. The Morgan fingerprint density at radius 3 is 2.89 bits per heavy atom. The van der Waals surface area contributed by atoms with Crippen molar-refractivity contribution in [3.63, 3.8) is 0 Å². The predicted octanol–water partition coefficient (Wildman–Crippen LogP) is 2.32. The largest absolute Gasteiger partial charge is 0.497 e. The zero-order chi connectivity index (χ0) is 13.0. The maximum Gasteiger partial charge on any atom is 0.119 e. The molecule has 1 atom stereocenters. The molecule has 2 rings (SSSR count). The Bertz CT molecular complexity index is 392. The highest BCUT2D eigenvalue weighted by atomic mass is 16.5. The summed E-state index contributed by atoms with van der Waals surface area (Å²) >= 11 is 0. The van der Waals surface area contributed by atoms with Crippen LogP contribution in [0.15, 0.2) is 18.2 Å². The molecule has 1 heterocycles. The van der Waals surface area contributed by atoms with Crippen LogP contribution in [0.5, 0.6) is 5.75 Å². The highest BCUT2D eigenvalue weighted by Crippen LogP contribution is 2.22. The van der Waals surface area contributed by atoms with E-state index in [0.29, 0.717) is 6.04 Å². The number of nitrogens with zero attached hydrogens (tertiary/aromatic N) is 1. The van der Waals surface area contributed by atoms with Crippen LogP contribution in [0.4, 0.5) is 0 Å². The first-order chi connectivity index (χ1) is 8.74. The third-order valence-electron chi connectivity index (χ3n) is 3.94. The van der Waals surface area contributed by atoms with E-state index in [9.17, 15) is 0 Å². The molecule has 0 bridgehead atoms. The summed E-state index contributed by atoms with van der Waals surface area (Å²) in [4.78, 5) is 2.53. The lowest BCUT2D eigenvalue weighted by atomic mass is 10.00. The Hall–Kier alpha value is -1.06. The number of benzene rings is 1. The van der Waals surface area contributed by atoms with Gasteiger partial charge in [0.15, 0.2) is 0 Å². The van der Waals surface area contributed by atoms with Crippen molar-refractivity contribution in [2.75, 3.05) is 20.2 Å². The number of hydrogen-bond donors (Lipinski definition) is 1. The molecule has 0 amide bonds. The fraction of sp³-hybridized carbons (Fsp3) is 0.600. The van der Waals surface area contributed by atoms with Crippen molar-refractivity contribution in [2.24, 2.45) is 5.73 Å². The Kier molecular flexibility index (Phi) is 4.61. The molecule has 1 aromatic rings. The van der Waals surface area contributed by atoms with Crippen molar-refractivity contribution in [2.45, 2.75) is 38.8 Å². The van der Waals surface area contributed by atoms with Crippen molar-refractivity contribution >= 4 is 0 Å². The molecule has 3 nitrogen and oxygen atoms in total. The number of methoxy groups -OCH3 is 1. The number of hydrogen-bond acceptors (Lipinski definition) is 3. The van der Waals surface area contributed by atoms with E-state index in [1.54, 1.807) is 7.11 Å². The van der Waals surface area contributed by atoms with E-state index >= 15 is 0 Å². The molecule has 2 N–H and O–H groups in total. The molecule has 0 aromatic heterocycles. The van der Waals surface area contributed by atoms with Gasteiger partial charge in [0.1, 0.15) is 5.75 Å². The Labute approximate surface area is 110 Å². The Balaban J connectivity index is 2.07. The zero-order valence-corrected chi connectivity index (χ0v) is 11.5. The fourth-order valence-corrected chi connectivity index (χ4v) is 2.73. The number of aryl methyl sites for hydroxylation is 1. The molecule has 0 saturated carbocycles. The minimum Gasteiger partial charge on any atom is -0.497 e. The minimum atomic E-state index is 0.556. The third kappa shape index (κ3) is 3.03. The van der Waals surface area contributed by atoms with Crippen LogP contribution in [-0.4, -0.2) is 31.1 Å². The average molecular weight is 248 g/mol. The van der Waals surface area contributed by atoms with Gasteiger partial charge in [-0.2, -0.15) is 0 Å². The normalized spacial score (nSPS) is 20.9. The molecule has 18 heavy (non-hydrogen) atoms. The second-order valence-electron chi connectivity index (χ2n) is 5.15. The van der Waals surface area contributed by atoms with E-state index in [1.807, 2.05) is 6.07 Å². The lowest BCUT2D eigenvalue weighted by molar-refractivity contribution is 0.144. The second-order valence-corrected chi connectivity index (χ2v) is 5.15. The van der Waals surface area contributed by atoms with E-state index in [-0.39, 0.29) is 0 Å². The SMILES string of the molecule is COc1ccc(CN2CCCC[C@@H]2CN)c(C)c1. The summed E-state index contributed by atoms with van der Waals surface area (Å²) in [5.41, 5.74) is 8.56. The molecular formula is C15H24N2O. The Morgan fingerprint density at radius 2 is 2.22 bits per heavy atom. The van der Waals surface area contributed by atoms with Crippen LogP contribution in [-0.2, 0) is 6.54 Å². The van der Waals surface area contributed by atoms with Gasteiger partial charge in [-0.25, -0.2) is 0 Å². The van der Waals surface area contributed by atoms with E-state index in [0.717, 1.165) is 18.8 Å². The van der Waals surface area contributed by atoms with E-state index < -0.39 is 0 Å². The first kappa shape index (κ1) is 13.4. The van der Waals surface area contributed by atoms with E-state index in [4.69, 9.17) is 10.5 Å². The van der Waals surface area contributed by atoms with Crippen LogP contribution in [0.1, 0.15) is 30.4 Å². The first-order valence-corrected chi connectivity index (χ1v) is 6.82. The molecule has 0 aliphatic carbocycles. The van der Waals surface area contributed by atoms with Crippen molar-refractivity contribution in [1.82, 2.24) is 4.90 Å². The van der Waals surface area contributed by atoms with Gasteiger partial charge in [0.2, 0.25) is 0 Å². The number of likely N-dealkylation sites (tertiary alicyclic amines) is 1. The summed E-state index contributed by atoms with van der Waals surface area (Å²) in [5, 5.41) is 0. The summed E-state index contributed by atoms with van der Waals surface area (Å²) in [6.45, 7) is 5.11. The zero-order valence-electron chi connectivity index (χ0n) is 11.5. The molecule has 1 fully saturated rings. The molecule has 0 spiro atoms. The summed E-state index contributed by atoms with van der Waals surface area (Å²) in [7, 11) is 1.71. The molecule has 3 heteroatoms. The van der Waals surface area contributed by atoms with Gasteiger partial charge in [-0.3, -0.25) is 4.90 Å². The molecule has 100 valence electrons. The summed E-state index contributed by atoms with van der Waals surface area (Å²) in [5.74, 6) is 0.935. The maximum absolute atomic E-state index is 5.87. The van der Waals surface area contributed by atoms with Gasteiger partial charge in [0.25, 0.3) is 0 Å². The molecule has 0 radical (unpaired) electrons.